The molecule has 0 aliphatic rings. The number of anilines is 1. The van der Waals surface area contributed by atoms with Gasteiger partial charge in [-0.1, -0.05) is 0 Å². The Balaban J connectivity index is 3.14. The number of carbonyl (C=O) groups excluding carboxylic acids is 1. The maximum absolute atomic E-state index is 11.1. The van der Waals surface area contributed by atoms with Gasteiger partial charge in [-0.2, -0.15) is 0 Å². The molecule has 0 heterocycles. The fraction of sp³-hybridized carbons (Fsp3) is 0.300. The first kappa shape index (κ1) is 9.58. The molecule has 0 atom stereocenters. The van der Waals surface area contributed by atoms with E-state index in [1.165, 1.54) is 6.92 Å². The Labute approximate surface area is 77.7 Å². The largest absolute Gasteiger partial charge is 0.497 e. The van der Waals surface area contributed by atoms with Crippen LogP contribution in [-0.4, -0.2) is 19.9 Å². The number of carbonyl (C=O) groups is 1. The third-order valence-corrected chi connectivity index (χ3v) is 1.84. The highest BCUT2D eigenvalue weighted by Crippen LogP contribution is 2.20. The van der Waals surface area contributed by atoms with Crippen LogP contribution in [0, 0.1) is 0 Å². The summed E-state index contributed by atoms with van der Waals surface area (Å²) in [5, 5.41) is 2.96. The number of methoxy groups -OCH3 is 1. The third kappa shape index (κ3) is 2.21. The zero-order valence-electron chi connectivity index (χ0n) is 8.05. The molecule has 3 heteroatoms. The number of rotatable bonds is 3. The number of nitrogens with one attached hydrogen (secondary N) is 1. The lowest BCUT2D eigenvalue weighted by atomic mass is 10.1. The Bertz CT molecular complexity index is 298. The summed E-state index contributed by atoms with van der Waals surface area (Å²) in [6, 6.07) is 5.36. The van der Waals surface area contributed by atoms with Crippen LogP contribution in [0.2, 0.25) is 0 Å². The lowest BCUT2D eigenvalue weighted by molar-refractivity contribution is 0.101. The van der Waals surface area contributed by atoms with Gasteiger partial charge in [-0.3, -0.25) is 4.79 Å². The highest BCUT2D eigenvalue weighted by molar-refractivity contribution is 5.95. The molecule has 0 fully saturated rings. The number of hydrogen-bond acceptors (Lipinski definition) is 3. The molecule has 0 spiro atoms. The van der Waals surface area contributed by atoms with Gasteiger partial charge in [0.05, 0.1) is 7.11 Å². The van der Waals surface area contributed by atoms with Crippen molar-refractivity contribution >= 4 is 11.5 Å². The smallest absolute Gasteiger partial charge is 0.160 e. The quantitative estimate of drug-likeness (QED) is 0.720. The van der Waals surface area contributed by atoms with Crippen LogP contribution in [0.5, 0.6) is 5.75 Å². The van der Waals surface area contributed by atoms with E-state index in [1.807, 2.05) is 6.07 Å². The molecule has 13 heavy (non-hydrogen) atoms. The van der Waals surface area contributed by atoms with Gasteiger partial charge in [0.15, 0.2) is 5.78 Å². The van der Waals surface area contributed by atoms with E-state index in [-0.39, 0.29) is 5.78 Å². The van der Waals surface area contributed by atoms with Crippen LogP contribution in [0.15, 0.2) is 18.2 Å². The summed E-state index contributed by atoms with van der Waals surface area (Å²) in [5.41, 5.74) is 1.54. The normalized spacial score (nSPS) is 9.46. The number of hydrogen-bond donors (Lipinski definition) is 1. The van der Waals surface area contributed by atoms with Gasteiger partial charge in [-0.15, -0.1) is 0 Å². The van der Waals surface area contributed by atoms with Crippen LogP contribution in [0.25, 0.3) is 0 Å². The van der Waals surface area contributed by atoms with E-state index in [1.54, 1.807) is 26.3 Å². The third-order valence-electron chi connectivity index (χ3n) is 1.84. The average molecular weight is 179 g/mol. The molecule has 0 bridgehead atoms. The summed E-state index contributed by atoms with van der Waals surface area (Å²) < 4.78 is 5.06. The Morgan fingerprint density at radius 2 is 2.08 bits per heavy atom. The Hall–Kier alpha value is -1.51. The first-order valence-electron chi connectivity index (χ1n) is 4.05. The molecule has 0 radical (unpaired) electrons. The maximum atomic E-state index is 11.1. The molecular formula is C10H13NO2. The van der Waals surface area contributed by atoms with E-state index in [0.29, 0.717) is 11.3 Å². The molecule has 0 amide bonds. The van der Waals surface area contributed by atoms with Crippen LogP contribution in [0.4, 0.5) is 5.69 Å². The van der Waals surface area contributed by atoms with Crippen molar-refractivity contribution in [2.24, 2.45) is 0 Å². The lowest BCUT2D eigenvalue weighted by Crippen LogP contribution is -1.97. The number of ether oxygens (including phenoxy) is 1. The molecule has 1 aromatic rings. The van der Waals surface area contributed by atoms with Crippen molar-refractivity contribution in [2.75, 3.05) is 19.5 Å². The average Bonchev–Trinajstić information content (AvgIpc) is 2.16. The number of benzene rings is 1. The van der Waals surface area contributed by atoms with Crippen molar-refractivity contribution < 1.29 is 9.53 Å². The van der Waals surface area contributed by atoms with Crippen LogP contribution in [0.3, 0.4) is 0 Å². The fourth-order valence-corrected chi connectivity index (χ4v) is 1.06. The summed E-state index contributed by atoms with van der Waals surface area (Å²) in [4.78, 5) is 11.1. The minimum Gasteiger partial charge on any atom is -0.497 e. The first-order valence-corrected chi connectivity index (χ1v) is 4.05. The molecule has 1 aromatic carbocycles. The van der Waals surface area contributed by atoms with Gasteiger partial charge in [-0.05, 0) is 19.1 Å². The van der Waals surface area contributed by atoms with Gasteiger partial charge in [-0.25, -0.2) is 0 Å². The Morgan fingerprint density at radius 1 is 1.38 bits per heavy atom. The molecule has 70 valence electrons. The second-order valence-electron chi connectivity index (χ2n) is 2.76. The monoisotopic (exact) mass is 179 g/mol. The van der Waals surface area contributed by atoms with E-state index >= 15 is 0 Å². The Kier molecular flexibility index (Phi) is 2.90. The minimum absolute atomic E-state index is 0.0374. The molecular weight excluding hydrogens is 166 g/mol. The summed E-state index contributed by atoms with van der Waals surface area (Å²) in [5.74, 6) is 0.729. The van der Waals surface area contributed by atoms with Crippen LogP contribution < -0.4 is 10.1 Å². The van der Waals surface area contributed by atoms with E-state index in [0.717, 1.165) is 5.69 Å². The van der Waals surface area contributed by atoms with Crippen molar-refractivity contribution in [2.45, 2.75) is 6.92 Å². The van der Waals surface area contributed by atoms with Gasteiger partial charge in [0, 0.05) is 24.4 Å². The minimum atomic E-state index is 0.0374. The summed E-state index contributed by atoms with van der Waals surface area (Å²) in [6.07, 6.45) is 0. The fourth-order valence-electron chi connectivity index (χ4n) is 1.06. The topological polar surface area (TPSA) is 38.3 Å². The highest BCUT2D eigenvalue weighted by atomic mass is 16.5. The SMILES string of the molecule is CNc1cc(OC)cc(C(C)=O)c1. The summed E-state index contributed by atoms with van der Waals surface area (Å²) in [6.45, 7) is 1.54. The van der Waals surface area contributed by atoms with Crippen molar-refractivity contribution in [3.8, 4) is 5.75 Å². The summed E-state index contributed by atoms with van der Waals surface area (Å²) in [7, 11) is 3.39. The molecule has 0 aliphatic carbocycles. The predicted molar refractivity (Wildman–Crippen MR) is 52.5 cm³/mol. The second-order valence-corrected chi connectivity index (χ2v) is 2.76. The van der Waals surface area contributed by atoms with E-state index in [4.69, 9.17) is 4.74 Å². The van der Waals surface area contributed by atoms with Gasteiger partial charge < -0.3 is 10.1 Å². The number of ketones is 1. The molecule has 0 saturated carbocycles. The highest BCUT2D eigenvalue weighted by Gasteiger charge is 2.03. The van der Waals surface area contributed by atoms with Crippen molar-refractivity contribution in [1.29, 1.82) is 0 Å². The van der Waals surface area contributed by atoms with E-state index in [9.17, 15) is 4.79 Å². The molecule has 1 N–H and O–H groups in total. The van der Waals surface area contributed by atoms with Crippen LogP contribution in [0.1, 0.15) is 17.3 Å². The molecule has 0 aliphatic heterocycles. The predicted octanol–water partition coefficient (Wildman–Crippen LogP) is 1.94. The van der Waals surface area contributed by atoms with Gasteiger partial charge in [0.25, 0.3) is 0 Å². The number of Topliss-reactive ketones (excluding diaryl/α,β-unsaturated/α-hetero) is 1. The maximum Gasteiger partial charge on any atom is 0.160 e. The van der Waals surface area contributed by atoms with Gasteiger partial charge >= 0.3 is 0 Å². The van der Waals surface area contributed by atoms with E-state index in [2.05, 4.69) is 5.32 Å². The standard InChI is InChI=1S/C10H13NO2/c1-7(12)8-4-9(11-2)6-10(5-8)13-3/h4-6,11H,1-3H3. The molecule has 0 aromatic heterocycles. The zero-order valence-corrected chi connectivity index (χ0v) is 8.05. The molecule has 3 nitrogen and oxygen atoms in total. The molecule has 0 saturated heterocycles. The summed E-state index contributed by atoms with van der Waals surface area (Å²) >= 11 is 0. The molecule has 1 rings (SSSR count). The van der Waals surface area contributed by atoms with Gasteiger partial charge in [0.1, 0.15) is 5.75 Å². The second kappa shape index (κ2) is 3.94. The van der Waals surface area contributed by atoms with E-state index < -0.39 is 0 Å². The Morgan fingerprint density at radius 3 is 2.54 bits per heavy atom. The molecule has 0 unspecified atom stereocenters. The zero-order chi connectivity index (χ0) is 9.84. The lowest BCUT2D eigenvalue weighted by Gasteiger charge is -2.06. The van der Waals surface area contributed by atoms with Gasteiger partial charge in [0.2, 0.25) is 0 Å². The van der Waals surface area contributed by atoms with Crippen molar-refractivity contribution in [1.82, 2.24) is 0 Å². The first-order chi connectivity index (χ1) is 6.17. The van der Waals surface area contributed by atoms with Crippen molar-refractivity contribution in [3.05, 3.63) is 23.8 Å². The van der Waals surface area contributed by atoms with Crippen LogP contribution in [-0.2, 0) is 0 Å². The van der Waals surface area contributed by atoms with Crippen molar-refractivity contribution in [3.63, 3.8) is 0 Å². The van der Waals surface area contributed by atoms with Crippen LogP contribution >= 0.6 is 0 Å².